The second kappa shape index (κ2) is 7.29. The van der Waals surface area contributed by atoms with E-state index in [1.54, 1.807) is 12.1 Å². The molecule has 5 nitrogen and oxygen atoms in total. The van der Waals surface area contributed by atoms with Crippen LogP contribution in [0.3, 0.4) is 0 Å². The molecule has 1 saturated carbocycles. The van der Waals surface area contributed by atoms with Crippen LogP contribution < -0.4 is 11.1 Å². The summed E-state index contributed by atoms with van der Waals surface area (Å²) in [4.78, 5) is 15.9. The van der Waals surface area contributed by atoms with E-state index in [0.29, 0.717) is 23.5 Å². The van der Waals surface area contributed by atoms with Gasteiger partial charge in [-0.15, -0.1) is 0 Å². The number of pyridine rings is 1. The Morgan fingerprint density at radius 2 is 2.14 bits per heavy atom. The number of ether oxygens (including phenoxy) is 1. The maximum Gasteiger partial charge on any atom is 0.356 e. The molecule has 0 spiro atoms. The molecule has 1 heterocycles. The van der Waals surface area contributed by atoms with Crippen molar-refractivity contribution in [3.8, 4) is 0 Å². The molecule has 0 aliphatic heterocycles. The third-order valence-corrected chi connectivity index (χ3v) is 4.30. The first kappa shape index (κ1) is 15.6. The number of hydrogen-bond acceptors (Lipinski definition) is 5. The normalized spacial score (nSPS) is 17.2. The first-order valence-corrected chi connectivity index (χ1v) is 7.77. The summed E-state index contributed by atoms with van der Waals surface area (Å²) in [5.74, 6) is 0.811. The summed E-state index contributed by atoms with van der Waals surface area (Å²) in [6.45, 7) is 2.17. The van der Waals surface area contributed by atoms with Crippen LogP contribution >= 0.6 is 0 Å². The Hall–Kier alpha value is -1.78. The van der Waals surface area contributed by atoms with E-state index >= 15 is 0 Å². The molecule has 2 rings (SSSR count). The van der Waals surface area contributed by atoms with Gasteiger partial charge in [-0.2, -0.15) is 0 Å². The van der Waals surface area contributed by atoms with Crippen LogP contribution in [0, 0.1) is 5.92 Å². The number of rotatable bonds is 5. The molecular formula is C16H25N3O2. The zero-order valence-electron chi connectivity index (χ0n) is 12.9. The fourth-order valence-electron chi connectivity index (χ4n) is 3.07. The first-order valence-electron chi connectivity index (χ1n) is 7.77. The smallest absolute Gasteiger partial charge is 0.356 e. The zero-order valence-corrected chi connectivity index (χ0v) is 12.9. The van der Waals surface area contributed by atoms with Gasteiger partial charge in [0.25, 0.3) is 0 Å². The maximum absolute atomic E-state index is 11.6. The summed E-state index contributed by atoms with van der Waals surface area (Å²) in [5.41, 5.74) is 6.84. The number of carbonyl (C=O) groups excluding carboxylic acids is 1. The predicted molar refractivity (Wildman–Crippen MR) is 84.3 cm³/mol. The minimum Gasteiger partial charge on any atom is -0.464 e. The Balaban J connectivity index is 2.14. The van der Waals surface area contributed by atoms with Crippen molar-refractivity contribution in [2.24, 2.45) is 5.92 Å². The van der Waals surface area contributed by atoms with Crippen molar-refractivity contribution in [2.75, 3.05) is 18.2 Å². The third kappa shape index (κ3) is 3.86. The highest BCUT2D eigenvalue weighted by Crippen LogP contribution is 2.30. The number of nitrogens with one attached hydrogen (secondary N) is 1. The van der Waals surface area contributed by atoms with Gasteiger partial charge in [-0.05, 0) is 37.3 Å². The van der Waals surface area contributed by atoms with Gasteiger partial charge >= 0.3 is 5.97 Å². The number of nitrogen functional groups attached to an aromatic ring is 1. The largest absolute Gasteiger partial charge is 0.464 e. The lowest BCUT2D eigenvalue weighted by Crippen LogP contribution is -2.31. The molecule has 1 aromatic heterocycles. The molecule has 0 radical (unpaired) electrons. The fraction of sp³-hybridized carbons (Fsp3) is 0.625. The number of nitrogens with zero attached hydrogens (tertiary/aromatic N) is 1. The minimum atomic E-state index is -0.441. The van der Waals surface area contributed by atoms with Crippen molar-refractivity contribution in [1.29, 1.82) is 0 Å². The maximum atomic E-state index is 11.6. The molecule has 0 bridgehead atoms. The van der Waals surface area contributed by atoms with Crippen LogP contribution in [0.15, 0.2) is 12.1 Å². The highest BCUT2D eigenvalue weighted by Gasteiger charge is 2.23. The average Bonchev–Trinajstić information content (AvgIpc) is 2.54. The van der Waals surface area contributed by atoms with Gasteiger partial charge in [0.2, 0.25) is 0 Å². The van der Waals surface area contributed by atoms with Crippen molar-refractivity contribution < 1.29 is 9.53 Å². The van der Waals surface area contributed by atoms with Gasteiger partial charge in [-0.1, -0.05) is 26.2 Å². The standard InChI is InChI=1S/C16H25N3O2/c1-3-13(11-7-5-4-6-8-11)18-15-12(17)9-10-14(19-15)16(20)21-2/h9-11,13H,3-8,17H2,1-2H3,(H,18,19). The van der Waals surface area contributed by atoms with Crippen LogP contribution in [-0.2, 0) is 4.74 Å². The lowest BCUT2D eigenvalue weighted by Gasteiger charge is -2.31. The molecule has 0 saturated heterocycles. The van der Waals surface area contributed by atoms with Gasteiger partial charge in [0, 0.05) is 6.04 Å². The SMILES string of the molecule is CCC(Nc1nc(C(=O)OC)ccc1N)C1CCCCC1. The molecule has 1 atom stereocenters. The minimum absolute atomic E-state index is 0.285. The number of anilines is 2. The summed E-state index contributed by atoms with van der Waals surface area (Å²) in [5, 5.41) is 3.44. The average molecular weight is 291 g/mol. The Bertz CT molecular complexity index is 484. The second-order valence-electron chi connectivity index (χ2n) is 5.68. The van der Waals surface area contributed by atoms with E-state index < -0.39 is 5.97 Å². The summed E-state index contributed by atoms with van der Waals surface area (Å²) < 4.78 is 4.71. The number of carbonyl (C=O) groups is 1. The molecule has 1 fully saturated rings. The topological polar surface area (TPSA) is 77.2 Å². The van der Waals surface area contributed by atoms with Gasteiger partial charge in [0.1, 0.15) is 5.82 Å². The van der Waals surface area contributed by atoms with Crippen LogP contribution in [0.4, 0.5) is 11.5 Å². The molecule has 0 aromatic carbocycles. The third-order valence-electron chi connectivity index (χ3n) is 4.30. The van der Waals surface area contributed by atoms with E-state index in [-0.39, 0.29) is 5.69 Å². The van der Waals surface area contributed by atoms with E-state index in [0.717, 1.165) is 6.42 Å². The van der Waals surface area contributed by atoms with Crippen molar-refractivity contribution >= 4 is 17.5 Å². The van der Waals surface area contributed by atoms with Crippen molar-refractivity contribution in [2.45, 2.75) is 51.5 Å². The molecule has 116 valence electrons. The van der Waals surface area contributed by atoms with Crippen molar-refractivity contribution in [3.05, 3.63) is 17.8 Å². The monoisotopic (exact) mass is 291 g/mol. The zero-order chi connectivity index (χ0) is 15.2. The Kier molecular flexibility index (Phi) is 5.42. The van der Waals surface area contributed by atoms with Gasteiger partial charge in [-0.3, -0.25) is 0 Å². The van der Waals surface area contributed by atoms with E-state index in [4.69, 9.17) is 10.5 Å². The summed E-state index contributed by atoms with van der Waals surface area (Å²) in [6.07, 6.45) is 7.46. The van der Waals surface area contributed by atoms with E-state index in [1.807, 2.05) is 0 Å². The number of methoxy groups -OCH3 is 1. The summed E-state index contributed by atoms with van der Waals surface area (Å²) >= 11 is 0. The van der Waals surface area contributed by atoms with E-state index in [2.05, 4.69) is 17.2 Å². The highest BCUT2D eigenvalue weighted by atomic mass is 16.5. The van der Waals surface area contributed by atoms with Crippen LogP contribution in [0.1, 0.15) is 55.9 Å². The number of aromatic nitrogens is 1. The Labute approximate surface area is 126 Å². The molecule has 21 heavy (non-hydrogen) atoms. The molecule has 0 amide bonds. The van der Waals surface area contributed by atoms with Crippen LogP contribution in [-0.4, -0.2) is 24.1 Å². The van der Waals surface area contributed by atoms with Crippen LogP contribution in [0.5, 0.6) is 0 Å². The fourth-order valence-corrected chi connectivity index (χ4v) is 3.07. The molecule has 1 aliphatic carbocycles. The van der Waals surface area contributed by atoms with Crippen LogP contribution in [0.25, 0.3) is 0 Å². The molecule has 5 heteroatoms. The number of nitrogens with two attached hydrogens (primary N) is 1. The Morgan fingerprint density at radius 1 is 1.43 bits per heavy atom. The summed E-state index contributed by atoms with van der Waals surface area (Å²) in [7, 11) is 1.35. The van der Waals surface area contributed by atoms with Gasteiger partial charge in [-0.25, -0.2) is 9.78 Å². The number of esters is 1. The first-order chi connectivity index (χ1) is 10.2. The van der Waals surface area contributed by atoms with Crippen molar-refractivity contribution in [3.63, 3.8) is 0 Å². The molecule has 1 aliphatic rings. The lowest BCUT2D eigenvalue weighted by atomic mass is 9.83. The molecular weight excluding hydrogens is 266 g/mol. The van der Waals surface area contributed by atoms with Crippen LogP contribution in [0.2, 0.25) is 0 Å². The Morgan fingerprint density at radius 3 is 2.76 bits per heavy atom. The molecule has 1 unspecified atom stereocenters. The van der Waals surface area contributed by atoms with Gasteiger partial charge in [0.05, 0.1) is 12.8 Å². The molecule has 3 N–H and O–H groups in total. The quantitative estimate of drug-likeness (QED) is 0.814. The predicted octanol–water partition coefficient (Wildman–Crippen LogP) is 3.22. The van der Waals surface area contributed by atoms with E-state index in [9.17, 15) is 4.79 Å². The summed E-state index contributed by atoms with van der Waals surface area (Å²) in [6, 6.07) is 3.65. The van der Waals surface area contributed by atoms with E-state index in [1.165, 1.54) is 39.2 Å². The lowest BCUT2D eigenvalue weighted by molar-refractivity contribution is 0.0594. The van der Waals surface area contributed by atoms with Gasteiger partial charge in [0.15, 0.2) is 5.69 Å². The molecule has 1 aromatic rings. The highest BCUT2D eigenvalue weighted by molar-refractivity contribution is 5.88. The van der Waals surface area contributed by atoms with Gasteiger partial charge < -0.3 is 15.8 Å². The number of hydrogen-bond donors (Lipinski definition) is 2. The second-order valence-corrected chi connectivity index (χ2v) is 5.68. The van der Waals surface area contributed by atoms with Crippen molar-refractivity contribution in [1.82, 2.24) is 4.98 Å².